The third-order valence-corrected chi connectivity index (χ3v) is 5.22. The molecule has 1 fully saturated rings. The van der Waals surface area contributed by atoms with Crippen molar-refractivity contribution in [1.82, 2.24) is 0 Å². The summed E-state index contributed by atoms with van der Waals surface area (Å²) in [6.07, 6.45) is 0.829. The van der Waals surface area contributed by atoms with Gasteiger partial charge in [0.15, 0.2) is 0 Å². The van der Waals surface area contributed by atoms with Gasteiger partial charge in [-0.25, -0.2) is 13.6 Å². The molecule has 0 heterocycles. The standard InChI is InChI=1S/C12H14Cl2N2O3S/c1-5-3-7(5)12(17)16-11-8(13)4-9(20(15,18)19)6(2)10(11)14/h4-5,7H,3H2,1-2H3,(H,16,17)(H2,15,18,19). The van der Waals surface area contributed by atoms with Crippen molar-refractivity contribution in [2.45, 2.75) is 25.2 Å². The van der Waals surface area contributed by atoms with Crippen LogP contribution in [0, 0.1) is 18.8 Å². The number of halogens is 2. The van der Waals surface area contributed by atoms with Crippen LogP contribution in [0.1, 0.15) is 18.9 Å². The lowest BCUT2D eigenvalue weighted by molar-refractivity contribution is -0.117. The smallest absolute Gasteiger partial charge is 0.238 e. The SMILES string of the molecule is Cc1c(S(N)(=O)=O)cc(Cl)c(NC(=O)C2CC2C)c1Cl. The van der Waals surface area contributed by atoms with Gasteiger partial charge in [-0.05, 0) is 30.9 Å². The highest BCUT2D eigenvalue weighted by molar-refractivity contribution is 7.89. The summed E-state index contributed by atoms with van der Waals surface area (Å²) in [6.45, 7) is 3.48. The van der Waals surface area contributed by atoms with Crippen LogP contribution in [-0.4, -0.2) is 14.3 Å². The zero-order valence-electron chi connectivity index (χ0n) is 10.9. The second-order valence-electron chi connectivity index (χ2n) is 5.02. The maximum atomic E-state index is 11.9. The van der Waals surface area contributed by atoms with E-state index in [2.05, 4.69) is 5.32 Å². The maximum absolute atomic E-state index is 11.9. The van der Waals surface area contributed by atoms with Gasteiger partial charge in [0.25, 0.3) is 0 Å². The summed E-state index contributed by atoms with van der Waals surface area (Å²) in [6, 6.07) is 1.20. The number of primary sulfonamides is 1. The number of nitrogens with two attached hydrogens (primary N) is 1. The van der Waals surface area contributed by atoms with Gasteiger partial charge in [0.2, 0.25) is 15.9 Å². The number of nitrogens with one attached hydrogen (secondary N) is 1. The fraction of sp³-hybridized carbons (Fsp3) is 0.417. The number of sulfonamides is 1. The molecule has 0 radical (unpaired) electrons. The third-order valence-electron chi connectivity index (χ3n) is 3.42. The van der Waals surface area contributed by atoms with E-state index >= 15 is 0 Å². The minimum absolute atomic E-state index is 0.0413. The number of carbonyl (C=O) groups is 1. The summed E-state index contributed by atoms with van der Waals surface area (Å²) < 4.78 is 22.9. The monoisotopic (exact) mass is 336 g/mol. The molecule has 5 nitrogen and oxygen atoms in total. The Bertz CT molecular complexity index is 688. The molecule has 0 aliphatic heterocycles. The van der Waals surface area contributed by atoms with Crippen molar-refractivity contribution in [3.05, 3.63) is 21.7 Å². The Balaban J connectivity index is 2.40. The van der Waals surface area contributed by atoms with Crippen LogP contribution < -0.4 is 10.5 Å². The van der Waals surface area contributed by atoms with Crippen LogP contribution in [-0.2, 0) is 14.8 Å². The van der Waals surface area contributed by atoms with Crippen molar-refractivity contribution in [1.29, 1.82) is 0 Å². The average molecular weight is 337 g/mol. The molecule has 3 N–H and O–H groups in total. The lowest BCUT2D eigenvalue weighted by Crippen LogP contribution is -2.17. The van der Waals surface area contributed by atoms with E-state index in [0.29, 0.717) is 5.92 Å². The second-order valence-corrected chi connectivity index (χ2v) is 7.34. The van der Waals surface area contributed by atoms with E-state index < -0.39 is 10.0 Å². The summed E-state index contributed by atoms with van der Waals surface area (Å²) in [5.74, 6) is 0.141. The summed E-state index contributed by atoms with van der Waals surface area (Å²) in [7, 11) is -3.92. The number of rotatable bonds is 3. The van der Waals surface area contributed by atoms with Crippen molar-refractivity contribution < 1.29 is 13.2 Å². The van der Waals surface area contributed by atoms with Crippen LogP contribution in [0.2, 0.25) is 10.0 Å². The molecule has 1 saturated carbocycles. The molecule has 0 spiro atoms. The molecule has 2 rings (SSSR count). The first-order chi connectivity index (χ1) is 9.12. The van der Waals surface area contributed by atoms with Crippen molar-refractivity contribution in [2.75, 3.05) is 5.32 Å². The molecule has 1 aliphatic rings. The molecular weight excluding hydrogens is 323 g/mol. The molecule has 8 heteroatoms. The highest BCUT2D eigenvalue weighted by atomic mass is 35.5. The molecule has 1 amide bonds. The first-order valence-corrected chi connectivity index (χ1v) is 8.25. The third kappa shape index (κ3) is 2.93. The average Bonchev–Trinajstić information content (AvgIpc) is 3.05. The number of carbonyl (C=O) groups excluding carboxylic acids is 1. The Hall–Kier alpha value is -0.820. The van der Waals surface area contributed by atoms with Gasteiger partial charge in [-0.3, -0.25) is 4.79 Å². The van der Waals surface area contributed by atoms with Gasteiger partial charge in [0, 0.05) is 5.92 Å². The van der Waals surface area contributed by atoms with Gasteiger partial charge in [-0.1, -0.05) is 30.1 Å². The number of hydrogen-bond donors (Lipinski definition) is 2. The lowest BCUT2D eigenvalue weighted by Gasteiger charge is -2.14. The van der Waals surface area contributed by atoms with Crippen LogP contribution in [0.15, 0.2) is 11.0 Å². The summed E-state index contributed by atoms with van der Waals surface area (Å²) in [5, 5.41) is 7.88. The predicted molar refractivity (Wildman–Crippen MR) is 78.5 cm³/mol. The molecule has 1 aromatic rings. The zero-order chi connectivity index (χ0) is 15.2. The number of anilines is 1. The van der Waals surface area contributed by atoms with E-state index in [1.807, 2.05) is 6.92 Å². The highest BCUT2D eigenvalue weighted by Crippen LogP contribution is 2.41. The Morgan fingerprint density at radius 2 is 2.00 bits per heavy atom. The second kappa shape index (κ2) is 5.18. The summed E-state index contributed by atoms with van der Waals surface area (Å²) >= 11 is 12.1. The predicted octanol–water partition coefficient (Wildman–Crippen LogP) is 2.54. The zero-order valence-corrected chi connectivity index (χ0v) is 13.2. The van der Waals surface area contributed by atoms with Gasteiger partial charge < -0.3 is 5.32 Å². The van der Waals surface area contributed by atoms with E-state index in [-0.39, 0.29) is 38.0 Å². The van der Waals surface area contributed by atoms with Crippen molar-refractivity contribution >= 4 is 44.8 Å². The van der Waals surface area contributed by atoms with E-state index in [9.17, 15) is 13.2 Å². The highest BCUT2D eigenvalue weighted by Gasteiger charge is 2.39. The van der Waals surface area contributed by atoms with E-state index in [4.69, 9.17) is 28.3 Å². The van der Waals surface area contributed by atoms with Gasteiger partial charge in [0.05, 0.1) is 20.6 Å². The molecule has 1 aromatic carbocycles. The van der Waals surface area contributed by atoms with Crippen molar-refractivity contribution in [3.63, 3.8) is 0 Å². The minimum Gasteiger partial charge on any atom is -0.323 e. The largest absolute Gasteiger partial charge is 0.323 e. The van der Waals surface area contributed by atoms with Crippen LogP contribution in [0.5, 0.6) is 0 Å². The van der Waals surface area contributed by atoms with Crippen LogP contribution in [0.25, 0.3) is 0 Å². The van der Waals surface area contributed by atoms with Crippen LogP contribution in [0.4, 0.5) is 5.69 Å². The Morgan fingerprint density at radius 1 is 1.45 bits per heavy atom. The van der Waals surface area contributed by atoms with Gasteiger partial charge in [-0.15, -0.1) is 0 Å². The van der Waals surface area contributed by atoms with E-state index in [0.717, 1.165) is 6.42 Å². The van der Waals surface area contributed by atoms with Crippen LogP contribution in [0.3, 0.4) is 0 Å². The molecule has 20 heavy (non-hydrogen) atoms. The fourth-order valence-electron chi connectivity index (χ4n) is 2.01. The van der Waals surface area contributed by atoms with E-state index in [1.54, 1.807) is 0 Å². The Labute approximate surface area is 127 Å². The Kier molecular flexibility index (Phi) is 4.03. The number of hydrogen-bond acceptors (Lipinski definition) is 3. The summed E-state index contributed by atoms with van der Waals surface area (Å²) in [5.41, 5.74) is 0.486. The quantitative estimate of drug-likeness (QED) is 0.888. The molecule has 1 aliphatic carbocycles. The minimum atomic E-state index is -3.92. The first-order valence-electron chi connectivity index (χ1n) is 5.95. The van der Waals surface area contributed by atoms with Gasteiger partial charge in [-0.2, -0.15) is 0 Å². The van der Waals surface area contributed by atoms with Crippen molar-refractivity contribution in [3.8, 4) is 0 Å². The lowest BCUT2D eigenvalue weighted by atomic mass is 10.2. The molecule has 2 atom stereocenters. The van der Waals surface area contributed by atoms with Gasteiger partial charge in [0.1, 0.15) is 0 Å². The first kappa shape index (κ1) is 15.6. The Morgan fingerprint density at radius 3 is 2.45 bits per heavy atom. The maximum Gasteiger partial charge on any atom is 0.238 e. The molecule has 0 bridgehead atoms. The summed E-state index contributed by atoms with van der Waals surface area (Å²) in [4.78, 5) is 11.8. The normalized spacial score (nSPS) is 21.6. The number of benzene rings is 1. The fourth-order valence-corrected chi connectivity index (χ4v) is 3.49. The van der Waals surface area contributed by atoms with Gasteiger partial charge >= 0.3 is 0 Å². The van der Waals surface area contributed by atoms with E-state index in [1.165, 1.54) is 13.0 Å². The molecule has 110 valence electrons. The molecule has 0 aromatic heterocycles. The molecular formula is C12H14Cl2N2O3S. The van der Waals surface area contributed by atoms with Crippen LogP contribution >= 0.6 is 23.2 Å². The number of amides is 1. The van der Waals surface area contributed by atoms with Crippen molar-refractivity contribution in [2.24, 2.45) is 17.0 Å². The molecule has 2 unspecified atom stereocenters. The molecule has 0 saturated heterocycles. The topological polar surface area (TPSA) is 89.3 Å².